The summed E-state index contributed by atoms with van der Waals surface area (Å²) in [5.41, 5.74) is 6.28. The minimum atomic E-state index is -3.16. The van der Waals surface area contributed by atoms with Gasteiger partial charge in [0.2, 0.25) is 0 Å². The van der Waals surface area contributed by atoms with Crippen LogP contribution in [0.3, 0.4) is 0 Å². The lowest BCUT2D eigenvalue weighted by molar-refractivity contribution is 0.0778. The van der Waals surface area contributed by atoms with Crippen molar-refractivity contribution < 1.29 is 19.4 Å². The Labute approximate surface area is 178 Å². The van der Waals surface area contributed by atoms with E-state index in [0.717, 1.165) is 18.2 Å². The van der Waals surface area contributed by atoms with E-state index < -0.39 is 30.2 Å². The number of nitrogens with two attached hydrogens (primary N) is 1. The standard InChI is InChI=1S/C21H19FN6O2/c1-11-15-8-13(22)5-6-14(15)21(29)27(3)10-16-18(20(24-2)28(4)26-16)12-7-17(30-11)19(23)25-9-12/h5-9,11H,10H2,1,3-4H3,(H2,23,25)/t11-/m1/s1/i1D3,11D. The third-order valence-corrected chi connectivity index (χ3v) is 4.77. The summed E-state index contributed by atoms with van der Waals surface area (Å²) in [5, 5.41) is 4.37. The number of fused-ring (bicyclic) bond motifs is 5. The van der Waals surface area contributed by atoms with Crippen LogP contribution in [0.15, 0.2) is 30.5 Å². The number of ether oxygens (including phenoxy) is 1. The van der Waals surface area contributed by atoms with Crippen molar-refractivity contribution in [1.82, 2.24) is 19.7 Å². The highest BCUT2D eigenvalue weighted by Crippen LogP contribution is 2.38. The van der Waals surface area contributed by atoms with Crippen LogP contribution in [0, 0.1) is 12.4 Å². The fourth-order valence-corrected chi connectivity index (χ4v) is 3.34. The first kappa shape index (κ1) is 15.0. The lowest BCUT2D eigenvalue weighted by Gasteiger charge is -2.23. The summed E-state index contributed by atoms with van der Waals surface area (Å²) in [6.45, 7) is 4.35. The molecular weight excluding hydrogens is 387 g/mol. The fourth-order valence-electron chi connectivity index (χ4n) is 3.34. The largest absolute Gasteiger partial charge is 0.482 e. The Morgan fingerprint density at radius 1 is 1.43 bits per heavy atom. The van der Waals surface area contributed by atoms with Gasteiger partial charge < -0.3 is 20.2 Å². The molecular formula is C21H19FN6O2. The Morgan fingerprint density at radius 3 is 2.97 bits per heavy atom. The second-order valence-electron chi connectivity index (χ2n) is 6.77. The van der Waals surface area contributed by atoms with E-state index in [9.17, 15) is 9.18 Å². The fraction of sp³-hybridized carbons (Fsp3) is 0.238. The highest BCUT2D eigenvalue weighted by Gasteiger charge is 2.27. The van der Waals surface area contributed by atoms with Crippen LogP contribution in [0.25, 0.3) is 16.0 Å². The van der Waals surface area contributed by atoms with E-state index in [1.54, 1.807) is 7.05 Å². The molecule has 8 nitrogen and oxygen atoms in total. The molecule has 0 radical (unpaired) electrons. The van der Waals surface area contributed by atoms with Gasteiger partial charge in [-0.25, -0.2) is 14.1 Å². The van der Waals surface area contributed by atoms with Crippen LogP contribution < -0.4 is 10.5 Å². The first-order chi connectivity index (χ1) is 15.9. The average molecular weight is 410 g/mol. The van der Waals surface area contributed by atoms with Crippen molar-refractivity contribution in [3.05, 3.63) is 64.5 Å². The third-order valence-electron chi connectivity index (χ3n) is 4.77. The van der Waals surface area contributed by atoms with E-state index in [2.05, 4.69) is 14.9 Å². The normalized spacial score (nSPS) is 20.7. The second-order valence-corrected chi connectivity index (χ2v) is 6.77. The zero-order valence-electron chi connectivity index (χ0n) is 20.1. The number of hydrogen-bond donors (Lipinski definition) is 1. The molecule has 1 aromatic carbocycles. The van der Waals surface area contributed by atoms with Gasteiger partial charge >= 0.3 is 0 Å². The lowest BCUT2D eigenvalue weighted by atomic mass is 10.0. The minimum absolute atomic E-state index is 0.0618. The number of amides is 1. The zero-order chi connectivity index (χ0) is 25.0. The molecule has 1 atom stereocenters. The predicted molar refractivity (Wildman–Crippen MR) is 108 cm³/mol. The van der Waals surface area contributed by atoms with Crippen molar-refractivity contribution in [3.63, 3.8) is 0 Å². The first-order valence-corrected chi connectivity index (χ1v) is 8.81. The molecule has 1 aliphatic rings. The van der Waals surface area contributed by atoms with E-state index in [1.165, 1.54) is 28.9 Å². The van der Waals surface area contributed by atoms with Crippen LogP contribution in [0.1, 0.15) is 40.0 Å². The van der Waals surface area contributed by atoms with E-state index in [0.29, 0.717) is 16.8 Å². The van der Waals surface area contributed by atoms with Crippen LogP contribution in [0.2, 0.25) is 0 Å². The van der Waals surface area contributed by atoms with E-state index >= 15 is 0 Å². The van der Waals surface area contributed by atoms with Gasteiger partial charge in [0.1, 0.15) is 17.6 Å². The Hall–Kier alpha value is -3.93. The molecule has 0 aliphatic carbocycles. The maximum Gasteiger partial charge on any atom is 0.260 e. The molecule has 30 heavy (non-hydrogen) atoms. The molecule has 1 amide bonds. The van der Waals surface area contributed by atoms with Crippen molar-refractivity contribution in [3.8, 4) is 16.9 Å². The number of rotatable bonds is 0. The molecule has 1 aliphatic heterocycles. The van der Waals surface area contributed by atoms with Crippen molar-refractivity contribution >= 4 is 17.5 Å². The maximum atomic E-state index is 14.3. The molecule has 2 N–H and O–H groups in total. The van der Waals surface area contributed by atoms with Gasteiger partial charge in [-0.3, -0.25) is 4.79 Å². The maximum absolute atomic E-state index is 14.3. The summed E-state index contributed by atoms with van der Waals surface area (Å²) >= 11 is 0. The van der Waals surface area contributed by atoms with Crippen molar-refractivity contribution in [2.24, 2.45) is 7.05 Å². The van der Waals surface area contributed by atoms with Gasteiger partial charge in [0.25, 0.3) is 11.7 Å². The van der Waals surface area contributed by atoms with Gasteiger partial charge in [0, 0.05) is 34.0 Å². The number of nitrogen functional groups attached to an aromatic ring is 1. The smallest absolute Gasteiger partial charge is 0.260 e. The van der Waals surface area contributed by atoms with Crippen molar-refractivity contribution in [2.45, 2.75) is 19.5 Å². The minimum Gasteiger partial charge on any atom is -0.482 e. The second kappa shape index (κ2) is 7.15. The first-order valence-electron chi connectivity index (χ1n) is 10.8. The summed E-state index contributed by atoms with van der Waals surface area (Å²) in [7, 11) is 3.02. The monoisotopic (exact) mass is 410 g/mol. The van der Waals surface area contributed by atoms with Crippen molar-refractivity contribution in [2.75, 3.05) is 12.8 Å². The third kappa shape index (κ3) is 3.12. The zero-order valence-corrected chi connectivity index (χ0v) is 16.1. The molecule has 9 heteroatoms. The van der Waals surface area contributed by atoms with Crippen LogP contribution in [0.5, 0.6) is 5.75 Å². The lowest BCUT2D eigenvalue weighted by Crippen LogP contribution is -2.28. The number of carbonyl (C=O) groups is 1. The van der Waals surface area contributed by atoms with Crippen molar-refractivity contribution in [1.29, 1.82) is 0 Å². The molecule has 0 fully saturated rings. The summed E-state index contributed by atoms with van der Waals surface area (Å²) in [6.07, 6.45) is -1.55. The molecule has 3 heterocycles. The van der Waals surface area contributed by atoms with Gasteiger partial charge in [-0.1, -0.05) is 6.57 Å². The number of nitrogens with zero attached hydrogens (tertiary/aromatic N) is 5. The number of pyridine rings is 1. The molecule has 152 valence electrons. The predicted octanol–water partition coefficient (Wildman–Crippen LogP) is 3.48. The number of aromatic nitrogens is 3. The molecule has 0 saturated heterocycles. The van der Waals surface area contributed by atoms with Crippen LogP contribution >= 0.6 is 0 Å². The summed E-state index contributed by atoms with van der Waals surface area (Å²) in [4.78, 5) is 22.2. The van der Waals surface area contributed by atoms with Crippen LogP contribution in [0.4, 0.5) is 16.0 Å². The van der Waals surface area contributed by atoms with E-state index in [-0.39, 0.29) is 29.5 Å². The SMILES string of the molecule is [2H]C([2H])([2H])[C@@]1([2H])Oc2cc(cnc2N)-c2c(nn(C)c2[N+]#[C-])CN(C)C(=O)c2ccc(F)cc21. The number of hydrogen-bond acceptors (Lipinski definition) is 5. The topological polar surface area (TPSA) is 90.6 Å². The Bertz CT molecular complexity index is 1370. The number of benzene rings is 1. The molecule has 4 rings (SSSR count). The van der Waals surface area contributed by atoms with Gasteiger partial charge in [-0.2, -0.15) is 0 Å². The van der Waals surface area contributed by atoms with E-state index in [1.807, 2.05) is 0 Å². The Morgan fingerprint density at radius 2 is 2.23 bits per heavy atom. The number of anilines is 1. The van der Waals surface area contributed by atoms with Gasteiger partial charge in [-0.15, -0.1) is 5.10 Å². The number of halogens is 1. The summed E-state index contributed by atoms with van der Waals surface area (Å²) < 4.78 is 54.1. The van der Waals surface area contributed by atoms with Gasteiger partial charge in [0.15, 0.2) is 11.6 Å². The van der Waals surface area contributed by atoms with Gasteiger partial charge in [0.05, 0.1) is 15.0 Å². The van der Waals surface area contributed by atoms with E-state index in [4.69, 9.17) is 22.5 Å². The highest BCUT2D eigenvalue weighted by atomic mass is 19.1. The molecule has 2 bridgehead atoms. The molecule has 0 spiro atoms. The highest BCUT2D eigenvalue weighted by molar-refractivity contribution is 5.96. The molecule has 2 aromatic heterocycles. The van der Waals surface area contributed by atoms with Crippen LogP contribution in [-0.2, 0) is 13.6 Å². The summed E-state index contributed by atoms with van der Waals surface area (Å²) in [6, 6.07) is 4.25. The summed E-state index contributed by atoms with van der Waals surface area (Å²) in [5.74, 6) is -1.88. The quantitative estimate of drug-likeness (QED) is 0.573. The number of aryl methyl sites for hydroxylation is 1. The Balaban J connectivity index is 2.09. The molecule has 3 aromatic rings. The molecule has 0 unspecified atom stereocenters. The molecule has 0 saturated carbocycles. The average Bonchev–Trinajstić information content (AvgIpc) is 3.07. The Kier molecular flexibility index (Phi) is 3.57. The van der Waals surface area contributed by atoms with Gasteiger partial charge in [-0.05, 0) is 36.7 Å². The number of carbonyl (C=O) groups excluding carboxylic acids is 1. The van der Waals surface area contributed by atoms with Crippen LogP contribution in [-0.4, -0.2) is 32.6 Å².